The van der Waals surface area contributed by atoms with E-state index in [1.807, 2.05) is 6.08 Å². The van der Waals surface area contributed by atoms with Gasteiger partial charge in [0.1, 0.15) is 0 Å². The smallest absolute Gasteiger partial charge is 0.314 e. The molecule has 20 heavy (non-hydrogen) atoms. The van der Waals surface area contributed by atoms with Gasteiger partial charge < -0.3 is 14.6 Å². The second-order valence-corrected chi connectivity index (χ2v) is 5.85. The molecule has 114 valence electrons. The van der Waals surface area contributed by atoms with Crippen molar-refractivity contribution < 1.29 is 19.4 Å². The minimum absolute atomic E-state index is 0.238. The lowest BCUT2D eigenvalue weighted by atomic mass is 10.0. The molecule has 0 bridgehead atoms. The molecule has 0 amide bonds. The monoisotopic (exact) mass is 282 g/mol. The molecule has 1 aliphatic carbocycles. The van der Waals surface area contributed by atoms with Crippen LogP contribution < -0.4 is 0 Å². The van der Waals surface area contributed by atoms with Gasteiger partial charge in [-0.2, -0.15) is 0 Å². The van der Waals surface area contributed by atoms with Crippen LogP contribution in [0.25, 0.3) is 0 Å². The molecule has 1 aliphatic heterocycles. The first-order valence-electron chi connectivity index (χ1n) is 7.86. The molecule has 0 aromatic heterocycles. The van der Waals surface area contributed by atoms with Crippen molar-refractivity contribution in [2.75, 3.05) is 26.4 Å². The molecule has 1 heterocycles. The van der Waals surface area contributed by atoms with Crippen LogP contribution in [0.1, 0.15) is 44.9 Å². The Morgan fingerprint density at radius 3 is 2.70 bits per heavy atom. The fourth-order valence-electron chi connectivity index (χ4n) is 2.68. The molecule has 2 aliphatic rings. The summed E-state index contributed by atoms with van der Waals surface area (Å²) in [5, 5.41) is 8.75. The normalized spacial score (nSPS) is 22.6. The standard InChI is InChI=1S/C16H26O4/c17-16(18)15-11-14(15)5-3-1-2-4-8-20-12-13-6-9-19-10-7-13/h11,13,15H,1-10,12H2,(H,17,18)/t15-/m1/s1. The predicted octanol–water partition coefficient (Wildman–Crippen LogP) is 3.02. The third kappa shape index (κ3) is 5.63. The number of hydrogen-bond donors (Lipinski definition) is 1. The molecule has 0 radical (unpaired) electrons. The first kappa shape index (κ1) is 15.5. The highest BCUT2D eigenvalue weighted by atomic mass is 16.5. The maximum Gasteiger partial charge on any atom is 0.314 e. The van der Waals surface area contributed by atoms with Crippen molar-refractivity contribution in [1.82, 2.24) is 0 Å². The molecule has 1 fully saturated rings. The number of carboxylic acids is 1. The molecule has 4 heteroatoms. The summed E-state index contributed by atoms with van der Waals surface area (Å²) in [6.07, 6.45) is 9.67. The van der Waals surface area contributed by atoms with Gasteiger partial charge >= 0.3 is 5.97 Å². The second-order valence-electron chi connectivity index (χ2n) is 5.85. The Balaban J connectivity index is 1.34. The van der Waals surface area contributed by atoms with Gasteiger partial charge in [0.15, 0.2) is 0 Å². The summed E-state index contributed by atoms with van der Waals surface area (Å²) in [6.45, 7) is 3.52. The highest BCUT2D eigenvalue weighted by Gasteiger charge is 2.30. The number of hydrogen-bond acceptors (Lipinski definition) is 3. The number of aliphatic carboxylic acids is 1. The van der Waals surface area contributed by atoms with Gasteiger partial charge in [-0.05, 0) is 38.0 Å². The van der Waals surface area contributed by atoms with E-state index in [1.54, 1.807) is 0 Å². The molecule has 1 saturated heterocycles. The number of ether oxygens (including phenoxy) is 2. The van der Waals surface area contributed by atoms with E-state index in [-0.39, 0.29) is 5.92 Å². The fourth-order valence-corrected chi connectivity index (χ4v) is 2.68. The van der Waals surface area contributed by atoms with Crippen molar-refractivity contribution in [1.29, 1.82) is 0 Å². The van der Waals surface area contributed by atoms with E-state index in [9.17, 15) is 4.79 Å². The lowest BCUT2D eigenvalue weighted by Crippen LogP contribution is -2.20. The van der Waals surface area contributed by atoms with E-state index in [4.69, 9.17) is 14.6 Å². The van der Waals surface area contributed by atoms with E-state index in [2.05, 4.69) is 0 Å². The Labute approximate surface area is 121 Å². The summed E-state index contributed by atoms with van der Waals surface area (Å²) in [7, 11) is 0. The van der Waals surface area contributed by atoms with Gasteiger partial charge in [-0.3, -0.25) is 4.79 Å². The number of rotatable bonds is 10. The lowest BCUT2D eigenvalue weighted by Gasteiger charge is -2.21. The van der Waals surface area contributed by atoms with Crippen LogP contribution in [0, 0.1) is 11.8 Å². The lowest BCUT2D eigenvalue weighted by molar-refractivity contribution is -0.137. The Morgan fingerprint density at radius 2 is 2.00 bits per heavy atom. The molecule has 0 spiro atoms. The first-order valence-corrected chi connectivity index (χ1v) is 7.86. The van der Waals surface area contributed by atoms with Crippen LogP contribution in [0.15, 0.2) is 11.6 Å². The molecule has 1 N–H and O–H groups in total. The molecular formula is C16H26O4. The summed E-state index contributed by atoms with van der Waals surface area (Å²) in [4.78, 5) is 10.6. The van der Waals surface area contributed by atoms with Gasteiger partial charge in [0.2, 0.25) is 0 Å². The van der Waals surface area contributed by atoms with Crippen LogP contribution >= 0.6 is 0 Å². The van der Waals surface area contributed by atoms with Crippen molar-refractivity contribution in [3.63, 3.8) is 0 Å². The molecule has 0 aromatic rings. The van der Waals surface area contributed by atoms with Gasteiger partial charge in [-0.1, -0.05) is 24.5 Å². The third-order valence-electron chi connectivity index (χ3n) is 4.14. The van der Waals surface area contributed by atoms with Crippen molar-refractivity contribution >= 4 is 5.97 Å². The molecule has 2 rings (SSSR count). The summed E-state index contributed by atoms with van der Waals surface area (Å²) >= 11 is 0. The fraction of sp³-hybridized carbons (Fsp3) is 0.812. The zero-order valence-corrected chi connectivity index (χ0v) is 12.2. The number of unbranched alkanes of at least 4 members (excludes halogenated alkanes) is 3. The van der Waals surface area contributed by atoms with Gasteiger partial charge in [0.25, 0.3) is 0 Å². The van der Waals surface area contributed by atoms with Crippen molar-refractivity contribution in [2.24, 2.45) is 11.8 Å². The first-order chi connectivity index (χ1) is 9.77. The van der Waals surface area contributed by atoms with Crippen LogP contribution in [0.2, 0.25) is 0 Å². The van der Waals surface area contributed by atoms with Crippen molar-refractivity contribution in [2.45, 2.75) is 44.9 Å². The summed E-state index contributed by atoms with van der Waals surface area (Å²) < 4.78 is 11.0. The van der Waals surface area contributed by atoms with Crippen LogP contribution in [-0.4, -0.2) is 37.5 Å². The SMILES string of the molecule is O=C(O)[C@@H]1C=C1CCCCCCOCC1CCOCC1. The Bertz CT molecular complexity index is 331. The number of carboxylic acid groups (broad SMARTS) is 1. The topological polar surface area (TPSA) is 55.8 Å². The van der Waals surface area contributed by atoms with Crippen LogP contribution in [0.5, 0.6) is 0 Å². The van der Waals surface area contributed by atoms with Gasteiger partial charge in [0.05, 0.1) is 5.92 Å². The number of carbonyl (C=O) groups is 1. The highest BCUT2D eigenvalue weighted by molar-refractivity contribution is 5.81. The van der Waals surface area contributed by atoms with Crippen LogP contribution in [-0.2, 0) is 14.3 Å². The summed E-state index contributed by atoms with van der Waals surface area (Å²) in [6, 6.07) is 0. The Kier molecular flexibility index (Phi) is 6.54. The summed E-state index contributed by atoms with van der Waals surface area (Å²) in [5.41, 5.74) is 1.12. The molecule has 4 nitrogen and oxygen atoms in total. The third-order valence-corrected chi connectivity index (χ3v) is 4.14. The Hall–Kier alpha value is -0.870. The van der Waals surface area contributed by atoms with Crippen molar-refractivity contribution in [3.8, 4) is 0 Å². The second kappa shape index (κ2) is 8.42. The quantitative estimate of drug-likeness (QED) is 0.494. The maximum absolute atomic E-state index is 10.6. The van der Waals surface area contributed by atoms with Gasteiger partial charge in [-0.25, -0.2) is 0 Å². The van der Waals surface area contributed by atoms with E-state index >= 15 is 0 Å². The van der Waals surface area contributed by atoms with E-state index in [0.29, 0.717) is 5.92 Å². The van der Waals surface area contributed by atoms with E-state index in [0.717, 1.165) is 64.1 Å². The van der Waals surface area contributed by atoms with Gasteiger partial charge in [-0.15, -0.1) is 0 Å². The molecule has 0 unspecified atom stereocenters. The van der Waals surface area contributed by atoms with Crippen LogP contribution in [0.4, 0.5) is 0 Å². The Morgan fingerprint density at radius 1 is 1.25 bits per heavy atom. The molecule has 0 aromatic carbocycles. The average Bonchev–Trinajstić information content (AvgIpc) is 3.23. The largest absolute Gasteiger partial charge is 0.481 e. The predicted molar refractivity (Wildman–Crippen MR) is 76.7 cm³/mol. The van der Waals surface area contributed by atoms with E-state index in [1.165, 1.54) is 12.8 Å². The zero-order valence-electron chi connectivity index (χ0n) is 12.2. The van der Waals surface area contributed by atoms with Crippen LogP contribution in [0.3, 0.4) is 0 Å². The maximum atomic E-state index is 10.6. The molecule has 1 atom stereocenters. The van der Waals surface area contributed by atoms with Gasteiger partial charge in [0, 0.05) is 26.4 Å². The average molecular weight is 282 g/mol. The highest BCUT2D eigenvalue weighted by Crippen LogP contribution is 2.33. The zero-order chi connectivity index (χ0) is 14.2. The minimum Gasteiger partial charge on any atom is -0.481 e. The van der Waals surface area contributed by atoms with E-state index < -0.39 is 5.97 Å². The molecule has 0 saturated carbocycles. The minimum atomic E-state index is -0.693. The summed E-state index contributed by atoms with van der Waals surface area (Å²) in [5.74, 6) is -0.238. The molecular weight excluding hydrogens is 256 g/mol. The van der Waals surface area contributed by atoms with Crippen molar-refractivity contribution in [3.05, 3.63) is 11.6 Å².